The second-order valence-electron chi connectivity index (χ2n) is 5.94. The lowest BCUT2D eigenvalue weighted by Gasteiger charge is -2.09. The summed E-state index contributed by atoms with van der Waals surface area (Å²) < 4.78 is 14.4. The van der Waals surface area contributed by atoms with Gasteiger partial charge in [0.05, 0.1) is 27.1 Å². The van der Waals surface area contributed by atoms with Gasteiger partial charge in [-0.15, -0.1) is 11.3 Å². The smallest absolute Gasteiger partial charge is 0.319 e. The Morgan fingerprint density at radius 3 is 2.75 bits per heavy atom. The largest absolute Gasteiger partial charge is 0.336 e. The van der Waals surface area contributed by atoms with Crippen LogP contribution in [0.3, 0.4) is 0 Å². The quantitative estimate of drug-likeness (QED) is 0.658. The summed E-state index contributed by atoms with van der Waals surface area (Å²) in [5.41, 5.74) is 1.61. The molecule has 0 fully saturated rings. The third kappa shape index (κ3) is 4.73. The number of amides is 2. The molecule has 0 bridgehead atoms. The lowest BCUT2D eigenvalue weighted by atomic mass is 10.3. The number of nitrogens with one attached hydrogen (secondary N) is 2. The molecular formula is C18H17ClFN5O2S. The lowest BCUT2D eigenvalue weighted by Crippen LogP contribution is -2.34. The maximum Gasteiger partial charge on any atom is 0.319 e. The van der Waals surface area contributed by atoms with Crippen LogP contribution in [0.1, 0.15) is 10.7 Å². The monoisotopic (exact) mass is 421 g/mol. The van der Waals surface area contributed by atoms with Gasteiger partial charge in [-0.05, 0) is 38.1 Å². The Kier molecular flexibility index (Phi) is 6.05. The molecule has 3 aromatic rings. The summed E-state index contributed by atoms with van der Waals surface area (Å²) in [5.74, 6) is -0.565. The van der Waals surface area contributed by atoms with Crippen molar-refractivity contribution in [1.29, 1.82) is 0 Å². The molecule has 0 aliphatic carbocycles. The summed E-state index contributed by atoms with van der Waals surface area (Å²) >= 11 is 7.19. The predicted octanol–water partition coefficient (Wildman–Crippen LogP) is 3.60. The first kappa shape index (κ1) is 20.0. The van der Waals surface area contributed by atoms with Crippen molar-refractivity contribution < 1.29 is 9.18 Å². The van der Waals surface area contributed by atoms with E-state index in [4.69, 9.17) is 11.6 Å². The van der Waals surface area contributed by atoms with E-state index in [9.17, 15) is 14.0 Å². The lowest BCUT2D eigenvalue weighted by molar-refractivity contribution is 0.251. The molecule has 2 N–H and O–H groups in total. The molecule has 0 unspecified atom stereocenters. The number of anilines is 1. The molecule has 10 heteroatoms. The van der Waals surface area contributed by atoms with Gasteiger partial charge in [-0.25, -0.2) is 18.9 Å². The summed E-state index contributed by atoms with van der Waals surface area (Å²) in [6, 6.07) is 6.48. The summed E-state index contributed by atoms with van der Waals surface area (Å²) in [5, 5.41) is 10.4. The van der Waals surface area contributed by atoms with Crippen LogP contribution in [0.4, 0.5) is 14.9 Å². The molecule has 7 nitrogen and oxygen atoms in total. The molecule has 1 aromatic carbocycles. The van der Waals surface area contributed by atoms with Crippen LogP contribution in [0.2, 0.25) is 5.02 Å². The maximum atomic E-state index is 13.1. The molecule has 0 atom stereocenters. The number of urea groups is 1. The number of nitrogens with zero attached hydrogens (tertiary/aromatic N) is 3. The van der Waals surface area contributed by atoms with E-state index in [1.54, 1.807) is 6.07 Å². The fourth-order valence-corrected chi connectivity index (χ4v) is 3.59. The van der Waals surface area contributed by atoms with Crippen LogP contribution >= 0.6 is 22.9 Å². The van der Waals surface area contributed by atoms with Crippen LogP contribution in [0.5, 0.6) is 0 Å². The third-order valence-corrected chi connectivity index (χ3v) is 5.17. The Bertz CT molecular complexity index is 1080. The standard InChI is InChI=1S/C18H17ClFN5O2S/c1-10-17(28-11(2)22-10)15-5-6-16(26)25(24-15)8-7-21-18(27)23-12-3-4-14(20)13(19)9-12/h3-6,9H,7-8H2,1-2H3,(H2,21,23,27). The number of aryl methyl sites for hydroxylation is 2. The van der Waals surface area contributed by atoms with Gasteiger partial charge in [0.2, 0.25) is 0 Å². The van der Waals surface area contributed by atoms with Crippen molar-refractivity contribution in [2.45, 2.75) is 20.4 Å². The van der Waals surface area contributed by atoms with Crippen molar-refractivity contribution in [2.75, 3.05) is 11.9 Å². The molecule has 0 aliphatic heterocycles. The molecule has 3 rings (SSSR count). The maximum absolute atomic E-state index is 13.1. The molecule has 146 valence electrons. The van der Waals surface area contributed by atoms with Crippen molar-refractivity contribution in [1.82, 2.24) is 20.1 Å². The topological polar surface area (TPSA) is 88.9 Å². The summed E-state index contributed by atoms with van der Waals surface area (Å²) in [6.45, 7) is 4.18. The molecule has 0 aliphatic rings. The highest BCUT2D eigenvalue weighted by atomic mass is 35.5. The van der Waals surface area contributed by atoms with Crippen LogP contribution in [0.25, 0.3) is 10.6 Å². The first-order valence-corrected chi connectivity index (χ1v) is 9.55. The first-order valence-electron chi connectivity index (χ1n) is 8.36. The number of carbonyl (C=O) groups excluding carboxylic acids is 1. The highest BCUT2D eigenvalue weighted by Crippen LogP contribution is 2.27. The Morgan fingerprint density at radius 2 is 2.07 bits per heavy atom. The molecule has 28 heavy (non-hydrogen) atoms. The SMILES string of the molecule is Cc1nc(C)c(-c2ccc(=O)n(CCNC(=O)Nc3ccc(F)c(Cl)c3)n2)s1. The zero-order valence-electron chi connectivity index (χ0n) is 15.1. The number of hydrogen-bond acceptors (Lipinski definition) is 5. The van der Waals surface area contributed by atoms with Crippen LogP contribution < -0.4 is 16.2 Å². The van der Waals surface area contributed by atoms with Crippen molar-refractivity contribution in [3.8, 4) is 10.6 Å². The Morgan fingerprint density at radius 1 is 1.29 bits per heavy atom. The fraction of sp³-hybridized carbons (Fsp3) is 0.222. The molecular weight excluding hydrogens is 405 g/mol. The Labute approximate surface area is 169 Å². The molecule has 2 aromatic heterocycles. The summed E-state index contributed by atoms with van der Waals surface area (Å²) in [4.78, 5) is 29.3. The average Bonchev–Trinajstić information content (AvgIpc) is 2.98. The number of hydrogen-bond donors (Lipinski definition) is 2. The molecule has 2 heterocycles. The van der Waals surface area contributed by atoms with Crippen LogP contribution in [-0.2, 0) is 6.54 Å². The van der Waals surface area contributed by atoms with Gasteiger partial charge in [0.15, 0.2) is 0 Å². The van der Waals surface area contributed by atoms with E-state index in [-0.39, 0.29) is 23.7 Å². The predicted molar refractivity (Wildman–Crippen MR) is 108 cm³/mol. The van der Waals surface area contributed by atoms with E-state index in [1.807, 2.05) is 13.8 Å². The molecule has 2 amide bonds. The minimum atomic E-state index is -0.565. The summed E-state index contributed by atoms with van der Waals surface area (Å²) in [6.07, 6.45) is 0. The number of thiazole rings is 1. The van der Waals surface area contributed by atoms with Gasteiger partial charge < -0.3 is 10.6 Å². The number of aromatic nitrogens is 3. The summed E-state index contributed by atoms with van der Waals surface area (Å²) in [7, 11) is 0. The second kappa shape index (κ2) is 8.49. The van der Waals surface area contributed by atoms with Crippen molar-refractivity contribution in [2.24, 2.45) is 0 Å². The first-order chi connectivity index (χ1) is 13.3. The molecule has 0 saturated heterocycles. The van der Waals surface area contributed by atoms with Gasteiger partial charge in [-0.2, -0.15) is 5.10 Å². The number of benzene rings is 1. The molecule has 0 spiro atoms. The highest BCUT2D eigenvalue weighted by Gasteiger charge is 2.11. The Hall–Kier alpha value is -2.78. The number of rotatable bonds is 5. The molecule has 0 radical (unpaired) electrons. The van der Waals surface area contributed by atoms with Crippen molar-refractivity contribution in [3.63, 3.8) is 0 Å². The van der Waals surface area contributed by atoms with Crippen LogP contribution in [0.15, 0.2) is 35.1 Å². The minimum absolute atomic E-state index is 0.0843. The zero-order valence-corrected chi connectivity index (χ0v) is 16.7. The Balaban J connectivity index is 1.62. The van der Waals surface area contributed by atoms with E-state index in [1.165, 1.54) is 34.2 Å². The van der Waals surface area contributed by atoms with Gasteiger partial charge in [0.25, 0.3) is 5.56 Å². The van der Waals surface area contributed by atoms with E-state index in [0.29, 0.717) is 11.4 Å². The van der Waals surface area contributed by atoms with Gasteiger partial charge in [-0.3, -0.25) is 4.79 Å². The average molecular weight is 422 g/mol. The normalized spacial score (nSPS) is 10.7. The third-order valence-electron chi connectivity index (χ3n) is 3.79. The van der Waals surface area contributed by atoms with Crippen LogP contribution in [0, 0.1) is 19.7 Å². The van der Waals surface area contributed by atoms with Crippen molar-refractivity contribution in [3.05, 3.63) is 62.2 Å². The van der Waals surface area contributed by atoms with Crippen LogP contribution in [-0.4, -0.2) is 27.3 Å². The van der Waals surface area contributed by atoms with E-state index >= 15 is 0 Å². The molecule has 0 saturated carbocycles. The van der Waals surface area contributed by atoms with E-state index < -0.39 is 11.8 Å². The van der Waals surface area contributed by atoms with Crippen molar-refractivity contribution >= 4 is 34.7 Å². The fourth-order valence-electron chi connectivity index (χ4n) is 2.52. The van der Waals surface area contributed by atoms with E-state index in [2.05, 4.69) is 20.7 Å². The second-order valence-corrected chi connectivity index (χ2v) is 7.55. The van der Waals surface area contributed by atoms with Gasteiger partial charge >= 0.3 is 6.03 Å². The van der Waals surface area contributed by atoms with Gasteiger partial charge in [0.1, 0.15) is 11.5 Å². The number of halogens is 2. The zero-order chi connectivity index (χ0) is 20.3. The van der Waals surface area contributed by atoms with Gasteiger partial charge in [-0.1, -0.05) is 11.6 Å². The highest BCUT2D eigenvalue weighted by molar-refractivity contribution is 7.15. The number of carbonyl (C=O) groups is 1. The van der Waals surface area contributed by atoms with E-state index in [0.717, 1.165) is 21.6 Å². The van der Waals surface area contributed by atoms with Gasteiger partial charge in [0, 0.05) is 18.3 Å². The minimum Gasteiger partial charge on any atom is -0.336 e.